The fourth-order valence-electron chi connectivity index (χ4n) is 3.43. The fraction of sp³-hybridized carbons (Fsp3) is 0.364. The number of piperidine rings is 1. The van der Waals surface area contributed by atoms with Gasteiger partial charge in [-0.1, -0.05) is 55.4 Å². The highest BCUT2D eigenvalue weighted by molar-refractivity contribution is 6.29. The molecule has 30 heavy (non-hydrogen) atoms. The number of benzene rings is 1. The molecule has 3 rings (SSSR count). The van der Waals surface area contributed by atoms with E-state index in [0.717, 1.165) is 5.56 Å². The minimum atomic E-state index is -4.58. The lowest BCUT2D eigenvalue weighted by Gasteiger charge is -2.39. The van der Waals surface area contributed by atoms with Gasteiger partial charge in [-0.15, -0.1) is 0 Å². The monoisotopic (exact) mass is 438 g/mol. The Labute approximate surface area is 178 Å². The Hall–Kier alpha value is -2.54. The second kappa shape index (κ2) is 8.68. The van der Waals surface area contributed by atoms with E-state index in [0.29, 0.717) is 31.5 Å². The first-order valence-electron chi connectivity index (χ1n) is 9.49. The minimum Gasteiger partial charge on any atom is -0.445 e. The minimum absolute atomic E-state index is 0.0150. The van der Waals surface area contributed by atoms with Gasteiger partial charge in [-0.3, -0.25) is 0 Å². The van der Waals surface area contributed by atoms with Crippen molar-refractivity contribution < 1.29 is 22.7 Å². The van der Waals surface area contributed by atoms with Gasteiger partial charge in [0, 0.05) is 13.1 Å². The van der Waals surface area contributed by atoms with Crippen LogP contribution in [0.2, 0.25) is 5.15 Å². The number of carbonyl (C=O) groups is 1. The molecule has 2 heterocycles. The number of hydrogen-bond acceptors (Lipinski definition) is 3. The highest BCUT2D eigenvalue weighted by Gasteiger charge is 2.37. The number of allylic oxidation sites excluding steroid dienone is 1. The molecule has 0 atom stereocenters. The number of aromatic nitrogens is 1. The van der Waals surface area contributed by atoms with Crippen LogP contribution in [0.25, 0.3) is 5.57 Å². The molecule has 1 aliphatic rings. The van der Waals surface area contributed by atoms with Crippen molar-refractivity contribution in [3.05, 3.63) is 71.0 Å². The number of amides is 1. The molecule has 0 unspecified atom stereocenters. The zero-order valence-corrected chi connectivity index (χ0v) is 17.3. The van der Waals surface area contributed by atoms with E-state index in [2.05, 4.69) is 11.6 Å². The summed E-state index contributed by atoms with van der Waals surface area (Å²) in [7, 11) is 0. The van der Waals surface area contributed by atoms with E-state index in [-0.39, 0.29) is 17.5 Å². The summed E-state index contributed by atoms with van der Waals surface area (Å²) in [5.74, 6) is 0. The highest BCUT2D eigenvalue weighted by atomic mass is 35.5. The number of alkyl halides is 3. The summed E-state index contributed by atoms with van der Waals surface area (Å²) in [6, 6.07) is 12.4. The number of likely N-dealkylation sites (tertiary alicyclic amines) is 1. The molecule has 0 N–H and O–H groups in total. The van der Waals surface area contributed by atoms with Gasteiger partial charge >= 0.3 is 12.3 Å². The molecule has 160 valence electrons. The number of hydrogen-bond donors (Lipinski definition) is 0. The maximum atomic E-state index is 13.0. The number of ether oxygens (including phenoxy) is 1. The first kappa shape index (κ1) is 22.2. The van der Waals surface area contributed by atoms with Gasteiger partial charge in [0.2, 0.25) is 0 Å². The van der Waals surface area contributed by atoms with E-state index in [9.17, 15) is 18.0 Å². The average molecular weight is 439 g/mol. The van der Waals surface area contributed by atoms with Crippen LogP contribution in [0, 0.1) is 0 Å². The first-order valence-corrected chi connectivity index (χ1v) is 9.86. The van der Waals surface area contributed by atoms with Crippen molar-refractivity contribution in [3.63, 3.8) is 0 Å². The van der Waals surface area contributed by atoms with Gasteiger partial charge in [0.05, 0.1) is 11.3 Å². The highest BCUT2D eigenvalue weighted by Crippen LogP contribution is 2.39. The van der Waals surface area contributed by atoms with Gasteiger partial charge in [-0.25, -0.2) is 9.78 Å². The van der Waals surface area contributed by atoms with E-state index in [1.54, 1.807) is 11.0 Å². The van der Waals surface area contributed by atoms with Gasteiger partial charge in [-0.2, -0.15) is 13.2 Å². The average Bonchev–Trinajstić information content (AvgIpc) is 2.71. The summed E-state index contributed by atoms with van der Waals surface area (Å²) in [5, 5.41) is -0.0150. The molecule has 2 aromatic rings. The van der Waals surface area contributed by atoms with Crippen LogP contribution in [0.3, 0.4) is 0 Å². The topological polar surface area (TPSA) is 42.4 Å². The van der Waals surface area contributed by atoms with Gasteiger partial charge < -0.3 is 9.64 Å². The molecular weight excluding hydrogens is 417 g/mol. The van der Waals surface area contributed by atoms with Gasteiger partial charge in [0.25, 0.3) is 0 Å². The number of halogens is 4. The largest absolute Gasteiger partial charge is 0.445 e. The Bertz CT molecular complexity index is 924. The third kappa shape index (κ3) is 5.14. The normalized spacial score (nSPS) is 16.2. The van der Waals surface area contributed by atoms with Crippen molar-refractivity contribution in [1.29, 1.82) is 0 Å². The van der Waals surface area contributed by atoms with E-state index in [4.69, 9.17) is 16.3 Å². The Morgan fingerprint density at radius 3 is 2.47 bits per heavy atom. The molecule has 1 aliphatic heterocycles. The fourth-order valence-corrected chi connectivity index (χ4v) is 3.64. The van der Waals surface area contributed by atoms with E-state index < -0.39 is 23.3 Å². The second-order valence-corrected chi connectivity index (χ2v) is 8.02. The van der Waals surface area contributed by atoms with Crippen LogP contribution in [-0.2, 0) is 16.8 Å². The van der Waals surface area contributed by atoms with E-state index >= 15 is 0 Å². The lowest BCUT2D eigenvalue weighted by Crippen LogP contribution is -2.44. The van der Waals surface area contributed by atoms with Crippen LogP contribution in [0.4, 0.5) is 18.0 Å². The van der Waals surface area contributed by atoms with Crippen LogP contribution >= 0.6 is 11.6 Å². The second-order valence-electron chi connectivity index (χ2n) is 7.63. The van der Waals surface area contributed by atoms with Crippen molar-refractivity contribution in [2.75, 3.05) is 13.1 Å². The standard InChI is InChI=1S/C22H22ClF3N2O2/c1-15(22(24,25)26)18-12-17(13-19(23)27-18)21(2)8-10-28(11-9-21)20(29)30-14-16-6-4-3-5-7-16/h3-7,12-13H,1,8-11,14H2,2H3. The molecule has 1 amide bonds. The lowest BCUT2D eigenvalue weighted by molar-refractivity contribution is -0.0689. The number of rotatable bonds is 4. The molecule has 0 aliphatic carbocycles. The Morgan fingerprint density at radius 1 is 1.23 bits per heavy atom. The SMILES string of the molecule is C=C(c1cc(C2(C)CCN(C(=O)OCc3ccccc3)CC2)cc(Cl)n1)C(F)(F)F. The van der Waals surface area contributed by atoms with Crippen LogP contribution < -0.4 is 0 Å². The molecular formula is C22H22ClF3N2O2. The van der Waals surface area contributed by atoms with Gasteiger partial charge in [-0.05, 0) is 41.5 Å². The van der Waals surface area contributed by atoms with Crippen LogP contribution in [0.1, 0.15) is 36.6 Å². The molecule has 0 spiro atoms. The third-order valence-corrected chi connectivity index (χ3v) is 5.67. The summed E-state index contributed by atoms with van der Waals surface area (Å²) in [6.45, 7) is 6.11. The molecule has 1 saturated heterocycles. The van der Waals surface area contributed by atoms with Crippen molar-refractivity contribution >= 4 is 23.3 Å². The first-order chi connectivity index (χ1) is 14.1. The predicted molar refractivity (Wildman–Crippen MR) is 109 cm³/mol. The van der Waals surface area contributed by atoms with Gasteiger partial charge in [0.1, 0.15) is 11.8 Å². The summed E-state index contributed by atoms with van der Waals surface area (Å²) in [5.41, 5.74) is -0.201. The number of carbonyl (C=O) groups excluding carboxylic acids is 1. The summed E-state index contributed by atoms with van der Waals surface area (Å²) < 4.78 is 44.5. The lowest BCUT2D eigenvalue weighted by atomic mass is 9.74. The van der Waals surface area contributed by atoms with Crippen molar-refractivity contribution in [2.24, 2.45) is 0 Å². The molecule has 0 bridgehead atoms. The van der Waals surface area contributed by atoms with Crippen LogP contribution in [-0.4, -0.2) is 35.2 Å². The zero-order chi connectivity index (χ0) is 21.9. The van der Waals surface area contributed by atoms with Crippen molar-refractivity contribution in [3.8, 4) is 0 Å². The molecule has 8 heteroatoms. The zero-order valence-electron chi connectivity index (χ0n) is 16.5. The quantitative estimate of drug-likeness (QED) is 0.550. The predicted octanol–water partition coefficient (Wildman–Crippen LogP) is 6.00. The summed E-state index contributed by atoms with van der Waals surface area (Å²) in [6.07, 6.45) is -3.86. The molecule has 0 radical (unpaired) electrons. The summed E-state index contributed by atoms with van der Waals surface area (Å²) in [4.78, 5) is 17.8. The Morgan fingerprint density at radius 2 is 1.87 bits per heavy atom. The van der Waals surface area contributed by atoms with Gasteiger partial charge in [0.15, 0.2) is 0 Å². The molecule has 0 saturated carbocycles. The van der Waals surface area contributed by atoms with Crippen LogP contribution in [0.5, 0.6) is 0 Å². The summed E-state index contributed by atoms with van der Waals surface area (Å²) >= 11 is 6.00. The van der Waals surface area contributed by atoms with Crippen LogP contribution in [0.15, 0.2) is 49.0 Å². The maximum absolute atomic E-state index is 13.0. The molecule has 1 aromatic carbocycles. The molecule has 1 aromatic heterocycles. The third-order valence-electron chi connectivity index (χ3n) is 5.47. The molecule has 1 fully saturated rings. The number of nitrogens with zero attached hydrogens (tertiary/aromatic N) is 2. The molecule has 4 nitrogen and oxygen atoms in total. The maximum Gasteiger partial charge on any atom is 0.417 e. The smallest absolute Gasteiger partial charge is 0.417 e. The van der Waals surface area contributed by atoms with E-state index in [1.165, 1.54) is 6.07 Å². The number of pyridine rings is 1. The Kier molecular flexibility index (Phi) is 6.41. The van der Waals surface area contributed by atoms with Crippen molar-refractivity contribution in [2.45, 2.75) is 38.0 Å². The Balaban J connectivity index is 1.66. The van der Waals surface area contributed by atoms with Crippen molar-refractivity contribution in [1.82, 2.24) is 9.88 Å². The van der Waals surface area contributed by atoms with E-state index in [1.807, 2.05) is 37.3 Å².